The van der Waals surface area contributed by atoms with E-state index in [4.69, 9.17) is 21.9 Å². The minimum absolute atomic E-state index is 0.266. The number of aromatic nitrogens is 1. The highest BCUT2D eigenvalue weighted by atomic mass is 79.9. The van der Waals surface area contributed by atoms with E-state index in [1.807, 2.05) is 42.5 Å². The zero-order valence-electron chi connectivity index (χ0n) is 10.6. The summed E-state index contributed by atoms with van der Waals surface area (Å²) in [4.78, 5) is 0. The van der Waals surface area contributed by atoms with Crippen LogP contribution in [0.1, 0.15) is 0 Å². The average Bonchev–Trinajstić information content (AvgIpc) is 2.80. The molecule has 0 saturated heterocycles. The molecule has 0 bridgehead atoms. The lowest BCUT2D eigenvalue weighted by atomic mass is 10.0. The van der Waals surface area contributed by atoms with Gasteiger partial charge in [-0.2, -0.15) is 0 Å². The Morgan fingerprint density at radius 1 is 1.10 bits per heavy atom. The molecule has 106 valence electrons. The Labute approximate surface area is 143 Å². The standard InChI is InChI=1S/C15H9Br2ClN2O/c16-9-4-5-11(12(17)7-9)14-13(15(19)21-20-14)8-2-1-3-10(18)6-8/h1-7H,19H2. The highest BCUT2D eigenvalue weighted by molar-refractivity contribution is 9.11. The molecule has 3 aromatic rings. The van der Waals surface area contributed by atoms with Gasteiger partial charge in [-0.1, -0.05) is 66.8 Å². The lowest BCUT2D eigenvalue weighted by molar-refractivity contribution is 0.439. The van der Waals surface area contributed by atoms with Gasteiger partial charge >= 0.3 is 0 Å². The largest absolute Gasteiger partial charge is 0.367 e. The molecule has 0 radical (unpaired) electrons. The van der Waals surface area contributed by atoms with Crippen molar-refractivity contribution in [1.29, 1.82) is 0 Å². The number of halogens is 3. The van der Waals surface area contributed by atoms with Crippen molar-refractivity contribution in [2.24, 2.45) is 0 Å². The van der Waals surface area contributed by atoms with E-state index in [2.05, 4.69) is 37.0 Å². The molecule has 0 unspecified atom stereocenters. The monoisotopic (exact) mass is 426 g/mol. The third-order valence-electron chi connectivity index (χ3n) is 3.02. The van der Waals surface area contributed by atoms with Crippen molar-refractivity contribution < 1.29 is 4.52 Å². The van der Waals surface area contributed by atoms with Crippen molar-refractivity contribution in [2.75, 3.05) is 5.73 Å². The summed E-state index contributed by atoms with van der Waals surface area (Å²) in [5.74, 6) is 0.266. The predicted molar refractivity (Wildman–Crippen MR) is 92.2 cm³/mol. The van der Waals surface area contributed by atoms with E-state index in [0.717, 1.165) is 25.6 Å². The van der Waals surface area contributed by atoms with Crippen molar-refractivity contribution in [3.8, 4) is 22.4 Å². The van der Waals surface area contributed by atoms with Crippen molar-refractivity contribution in [3.05, 3.63) is 56.4 Å². The number of hydrogen-bond acceptors (Lipinski definition) is 3. The van der Waals surface area contributed by atoms with E-state index in [0.29, 0.717) is 10.7 Å². The molecule has 1 aromatic heterocycles. The quantitative estimate of drug-likeness (QED) is 0.564. The Kier molecular flexibility index (Phi) is 4.06. The van der Waals surface area contributed by atoms with Gasteiger partial charge in [0.15, 0.2) is 0 Å². The molecular weight excluding hydrogens is 419 g/mol. The first kappa shape index (κ1) is 14.6. The minimum Gasteiger partial charge on any atom is -0.367 e. The van der Waals surface area contributed by atoms with Crippen LogP contribution in [0.4, 0.5) is 5.88 Å². The second-order valence-corrected chi connectivity index (χ2v) is 6.61. The normalized spacial score (nSPS) is 10.8. The molecule has 0 fully saturated rings. The number of benzene rings is 2. The molecule has 0 saturated carbocycles. The highest BCUT2D eigenvalue weighted by Crippen LogP contribution is 2.40. The molecular formula is C15H9Br2ClN2O. The number of nitrogen functional groups attached to an aromatic ring is 1. The van der Waals surface area contributed by atoms with Crippen molar-refractivity contribution in [2.45, 2.75) is 0 Å². The maximum atomic E-state index is 6.06. The third kappa shape index (κ3) is 2.86. The fourth-order valence-electron chi connectivity index (χ4n) is 2.09. The van der Waals surface area contributed by atoms with Gasteiger partial charge < -0.3 is 10.3 Å². The first-order valence-corrected chi connectivity index (χ1v) is 7.99. The summed E-state index contributed by atoms with van der Waals surface area (Å²) >= 11 is 13.0. The summed E-state index contributed by atoms with van der Waals surface area (Å²) in [7, 11) is 0. The van der Waals surface area contributed by atoms with Crippen molar-refractivity contribution in [1.82, 2.24) is 5.16 Å². The van der Waals surface area contributed by atoms with Crippen LogP contribution in [-0.4, -0.2) is 5.16 Å². The molecule has 6 heteroatoms. The Hall–Kier alpha value is -1.30. The lowest BCUT2D eigenvalue weighted by Gasteiger charge is -2.06. The lowest BCUT2D eigenvalue weighted by Crippen LogP contribution is -1.88. The molecule has 0 aliphatic heterocycles. The zero-order valence-corrected chi connectivity index (χ0v) is 14.5. The molecule has 21 heavy (non-hydrogen) atoms. The molecule has 3 nitrogen and oxygen atoms in total. The summed E-state index contributed by atoms with van der Waals surface area (Å²) in [5, 5.41) is 4.73. The fraction of sp³-hybridized carbons (Fsp3) is 0. The molecule has 1 heterocycles. The molecule has 2 aromatic carbocycles. The SMILES string of the molecule is Nc1onc(-c2ccc(Br)cc2Br)c1-c1cccc(Cl)c1. The fourth-order valence-corrected chi connectivity index (χ4v) is 3.52. The van der Waals surface area contributed by atoms with Gasteiger partial charge in [0.2, 0.25) is 5.88 Å². The Bertz CT molecular complexity index is 817. The van der Waals surface area contributed by atoms with Gasteiger partial charge in [-0.25, -0.2) is 0 Å². The summed E-state index contributed by atoms with van der Waals surface area (Å²) in [6.07, 6.45) is 0. The molecule has 2 N–H and O–H groups in total. The summed E-state index contributed by atoms with van der Waals surface area (Å²) in [5.41, 5.74) is 9.12. The smallest absolute Gasteiger partial charge is 0.230 e. The van der Waals surface area contributed by atoms with Crippen LogP contribution in [0.25, 0.3) is 22.4 Å². The average molecular weight is 429 g/mol. The summed E-state index contributed by atoms with van der Waals surface area (Å²) in [6.45, 7) is 0. The van der Waals surface area contributed by atoms with Crippen LogP contribution in [0.5, 0.6) is 0 Å². The van der Waals surface area contributed by atoms with Crippen LogP contribution in [0, 0.1) is 0 Å². The van der Waals surface area contributed by atoms with E-state index < -0.39 is 0 Å². The zero-order chi connectivity index (χ0) is 15.0. The van der Waals surface area contributed by atoms with Crippen LogP contribution in [0.2, 0.25) is 5.02 Å². The van der Waals surface area contributed by atoms with E-state index >= 15 is 0 Å². The van der Waals surface area contributed by atoms with Crippen LogP contribution in [0.15, 0.2) is 55.9 Å². The van der Waals surface area contributed by atoms with Gasteiger partial charge in [-0.05, 0) is 29.8 Å². The molecule has 3 rings (SSSR count). The maximum Gasteiger partial charge on any atom is 0.230 e. The molecule has 0 spiro atoms. The van der Waals surface area contributed by atoms with Crippen molar-refractivity contribution >= 4 is 49.3 Å². The molecule has 0 aliphatic carbocycles. The van der Waals surface area contributed by atoms with E-state index in [-0.39, 0.29) is 5.88 Å². The van der Waals surface area contributed by atoms with Crippen molar-refractivity contribution in [3.63, 3.8) is 0 Å². The highest BCUT2D eigenvalue weighted by Gasteiger charge is 2.19. The van der Waals surface area contributed by atoms with Crippen LogP contribution < -0.4 is 5.73 Å². The first-order valence-electron chi connectivity index (χ1n) is 6.03. The first-order chi connectivity index (χ1) is 10.1. The topological polar surface area (TPSA) is 52.0 Å². The second-order valence-electron chi connectivity index (χ2n) is 4.40. The number of anilines is 1. The number of nitrogens with zero attached hydrogens (tertiary/aromatic N) is 1. The predicted octanol–water partition coefficient (Wildman–Crippen LogP) is 5.77. The Balaban J connectivity index is 2.22. The van der Waals surface area contributed by atoms with E-state index in [1.165, 1.54) is 0 Å². The Morgan fingerprint density at radius 2 is 1.90 bits per heavy atom. The number of rotatable bonds is 2. The van der Waals surface area contributed by atoms with Gasteiger partial charge in [-0.15, -0.1) is 0 Å². The van der Waals surface area contributed by atoms with Crippen LogP contribution >= 0.6 is 43.5 Å². The van der Waals surface area contributed by atoms with Crippen LogP contribution in [-0.2, 0) is 0 Å². The molecule has 0 aliphatic rings. The Morgan fingerprint density at radius 3 is 2.62 bits per heavy atom. The molecule has 0 atom stereocenters. The van der Waals surface area contributed by atoms with Gasteiger partial charge in [0, 0.05) is 19.5 Å². The van der Waals surface area contributed by atoms with Gasteiger partial charge in [0.1, 0.15) is 5.69 Å². The number of hydrogen-bond donors (Lipinski definition) is 1. The summed E-state index contributed by atoms with van der Waals surface area (Å²) < 4.78 is 7.05. The maximum absolute atomic E-state index is 6.06. The third-order valence-corrected chi connectivity index (χ3v) is 4.40. The molecule has 0 amide bonds. The number of nitrogens with two attached hydrogens (primary N) is 1. The minimum atomic E-state index is 0.266. The summed E-state index contributed by atoms with van der Waals surface area (Å²) in [6, 6.07) is 13.3. The van der Waals surface area contributed by atoms with Crippen LogP contribution in [0.3, 0.4) is 0 Å². The van der Waals surface area contributed by atoms with Gasteiger partial charge in [-0.3, -0.25) is 0 Å². The van der Waals surface area contributed by atoms with E-state index in [1.54, 1.807) is 0 Å². The van der Waals surface area contributed by atoms with E-state index in [9.17, 15) is 0 Å². The van der Waals surface area contributed by atoms with Gasteiger partial charge in [0.25, 0.3) is 0 Å². The van der Waals surface area contributed by atoms with Gasteiger partial charge in [0.05, 0.1) is 5.56 Å². The second kappa shape index (κ2) is 5.83.